The van der Waals surface area contributed by atoms with Crippen molar-refractivity contribution in [2.45, 2.75) is 39.9 Å². The van der Waals surface area contributed by atoms with Crippen molar-refractivity contribution in [2.24, 2.45) is 5.92 Å². The number of hydrogen-bond acceptors (Lipinski definition) is 6. The third-order valence-corrected chi connectivity index (χ3v) is 4.42. The maximum Gasteiger partial charge on any atom is 0.421 e. The maximum atomic E-state index is 12.9. The van der Waals surface area contributed by atoms with E-state index in [-0.39, 0.29) is 12.3 Å². The molecule has 1 aromatic heterocycles. The molecule has 0 saturated heterocycles. The third-order valence-electron chi connectivity index (χ3n) is 4.42. The average molecular weight is 390 g/mol. The van der Waals surface area contributed by atoms with E-state index >= 15 is 0 Å². The summed E-state index contributed by atoms with van der Waals surface area (Å²) in [5, 5.41) is 0.935. The molecule has 1 aromatic carbocycles. The first kappa shape index (κ1) is 21.8. The molecular formula is C21H30N2O5. The van der Waals surface area contributed by atoms with Crippen molar-refractivity contribution in [3.8, 4) is 5.75 Å². The molecule has 7 heteroatoms. The first-order valence-electron chi connectivity index (χ1n) is 9.50. The fraction of sp³-hybridized carbons (Fsp3) is 0.524. The quantitative estimate of drug-likeness (QED) is 0.506. The molecule has 7 nitrogen and oxygen atoms in total. The van der Waals surface area contributed by atoms with E-state index in [1.807, 2.05) is 40.1 Å². The highest BCUT2D eigenvalue weighted by Gasteiger charge is 2.24. The SMILES string of the molecule is CCC(=O)OC(OC(=O)n1cc(CCN(C)C)c2cc(OC)ccc21)C(C)C. The normalized spacial score (nSPS) is 12.4. The van der Waals surface area contributed by atoms with E-state index in [9.17, 15) is 9.59 Å². The van der Waals surface area contributed by atoms with Gasteiger partial charge in [-0.05, 0) is 44.3 Å². The summed E-state index contributed by atoms with van der Waals surface area (Å²) in [5.74, 6) is 0.163. The van der Waals surface area contributed by atoms with Crippen LogP contribution in [-0.4, -0.2) is 55.6 Å². The highest BCUT2D eigenvalue weighted by Crippen LogP contribution is 2.27. The number of fused-ring (bicyclic) bond motifs is 1. The summed E-state index contributed by atoms with van der Waals surface area (Å²) in [6, 6.07) is 5.55. The molecule has 1 heterocycles. The molecule has 0 aliphatic heterocycles. The number of likely N-dealkylation sites (N-methyl/N-ethyl adjacent to an activating group) is 1. The van der Waals surface area contributed by atoms with E-state index in [0.29, 0.717) is 0 Å². The first-order chi connectivity index (χ1) is 13.3. The zero-order valence-electron chi connectivity index (χ0n) is 17.5. The second kappa shape index (κ2) is 9.59. The van der Waals surface area contributed by atoms with Crippen molar-refractivity contribution >= 4 is 23.0 Å². The number of ether oxygens (including phenoxy) is 3. The number of aromatic nitrogens is 1. The van der Waals surface area contributed by atoms with Crippen LogP contribution in [0.25, 0.3) is 10.9 Å². The second-order valence-corrected chi connectivity index (χ2v) is 7.30. The summed E-state index contributed by atoms with van der Waals surface area (Å²) in [6.07, 6.45) is 1.28. The number of benzene rings is 1. The van der Waals surface area contributed by atoms with Crippen molar-refractivity contribution in [3.63, 3.8) is 0 Å². The molecule has 0 bridgehead atoms. The summed E-state index contributed by atoms with van der Waals surface area (Å²) in [6.45, 7) is 6.21. The molecule has 0 amide bonds. The predicted molar refractivity (Wildman–Crippen MR) is 108 cm³/mol. The monoisotopic (exact) mass is 390 g/mol. The molecule has 154 valence electrons. The Morgan fingerprint density at radius 2 is 1.89 bits per heavy atom. The van der Waals surface area contributed by atoms with Crippen molar-refractivity contribution in [2.75, 3.05) is 27.7 Å². The minimum atomic E-state index is -0.930. The summed E-state index contributed by atoms with van der Waals surface area (Å²) in [7, 11) is 5.62. The Morgan fingerprint density at radius 1 is 1.18 bits per heavy atom. The number of rotatable bonds is 8. The number of carbonyl (C=O) groups excluding carboxylic acids is 2. The van der Waals surface area contributed by atoms with Gasteiger partial charge in [-0.2, -0.15) is 0 Å². The molecular weight excluding hydrogens is 360 g/mol. The molecule has 0 spiro atoms. The molecule has 1 atom stereocenters. The lowest BCUT2D eigenvalue weighted by molar-refractivity contribution is -0.174. The van der Waals surface area contributed by atoms with Gasteiger partial charge in [0, 0.05) is 30.5 Å². The maximum absolute atomic E-state index is 12.9. The van der Waals surface area contributed by atoms with Crippen LogP contribution in [0, 0.1) is 5.92 Å². The fourth-order valence-corrected chi connectivity index (χ4v) is 2.76. The molecule has 0 saturated carbocycles. The number of nitrogens with zero attached hydrogens (tertiary/aromatic N) is 2. The molecule has 2 rings (SSSR count). The first-order valence-corrected chi connectivity index (χ1v) is 9.50. The minimum Gasteiger partial charge on any atom is -0.497 e. The van der Waals surface area contributed by atoms with Gasteiger partial charge in [0.2, 0.25) is 0 Å². The fourth-order valence-electron chi connectivity index (χ4n) is 2.76. The molecule has 0 fully saturated rings. The van der Waals surface area contributed by atoms with E-state index in [4.69, 9.17) is 14.2 Å². The van der Waals surface area contributed by atoms with Crippen LogP contribution in [0.1, 0.15) is 32.8 Å². The van der Waals surface area contributed by atoms with Crippen molar-refractivity contribution in [1.29, 1.82) is 0 Å². The zero-order valence-corrected chi connectivity index (χ0v) is 17.5. The molecule has 1 unspecified atom stereocenters. The van der Waals surface area contributed by atoms with Crippen LogP contribution >= 0.6 is 0 Å². The Hall–Kier alpha value is -2.54. The largest absolute Gasteiger partial charge is 0.497 e. The summed E-state index contributed by atoms with van der Waals surface area (Å²) < 4.78 is 17.6. The number of hydrogen-bond donors (Lipinski definition) is 0. The van der Waals surface area contributed by atoms with Gasteiger partial charge in [0.25, 0.3) is 6.29 Å². The van der Waals surface area contributed by atoms with Gasteiger partial charge in [-0.3, -0.25) is 9.36 Å². The lowest BCUT2D eigenvalue weighted by Gasteiger charge is -2.21. The Morgan fingerprint density at radius 3 is 2.46 bits per heavy atom. The van der Waals surface area contributed by atoms with Gasteiger partial charge < -0.3 is 19.1 Å². The second-order valence-electron chi connectivity index (χ2n) is 7.30. The molecule has 0 aliphatic rings. The van der Waals surface area contributed by atoms with Gasteiger partial charge in [-0.15, -0.1) is 0 Å². The smallest absolute Gasteiger partial charge is 0.421 e. The van der Waals surface area contributed by atoms with Gasteiger partial charge in [0.05, 0.1) is 12.6 Å². The summed E-state index contributed by atoms with van der Waals surface area (Å²) >= 11 is 0. The van der Waals surface area contributed by atoms with Crippen LogP contribution in [0.15, 0.2) is 24.4 Å². The Bertz CT molecular complexity index is 826. The van der Waals surface area contributed by atoms with Gasteiger partial charge in [-0.25, -0.2) is 4.79 Å². The Kier molecular flexibility index (Phi) is 7.45. The van der Waals surface area contributed by atoms with Crippen molar-refractivity contribution in [3.05, 3.63) is 30.0 Å². The number of methoxy groups -OCH3 is 1. The van der Waals surface area contributed by atoms with E-state index in [1.165, 1.54) is 4.57 Å². The van der Waals surface area contributed by atoms with Crippen LogP contribution in [0.2, 0.25) is 0 Å². The summed E-state index contributed by atoms with van der Waals surface area (Å²) in [5.41, 5.74) is 1.75. The van der Waals surface area contributed by atoms with Crippen molar-refractivity contribution in [1.82, 2.24) is 9.47 Å². The average Bonchev–Trinajstić information content (AvgIpc) is 3.03. The van der Waals surface area contributed by atoms with Gasteiger partial charge in [0.1, 0.15) is 5.75 Å². The highest BCUT2D eigenvalue weighted by molar-refractivity contribution is 5.93. The van der Waals surface area contributed by atoms with Crippen molar-refractivity contribution < 1.29 is 23.8 Å². The van der Waals surface area contributed by atoms with E-state index in [2.05, 4.69) is 4.90 Å². The molecule has 0 radical (unpaired) electrons. The van der Waals surface area contributed by atoms with E-state index < -0.39 is 18.4 Å². The lowest BCUT2D eigenvalue weighted by atomic mass is 10.1. The standard InChI is InChI=1S/C21H30N2O5/c1-7-19(24)27-20(14(2)3)28-21(25)23-13-15(10-11-22(4)5)17-12-16(26-6)8-9-18(17)23/h8-9,12-14,20H,7,10-11H2,1-6H3. The topological polar surface area (TPSA) is 70.0 Å². The van der Waals surface area contributed by atoms with Gasteiger partial charge >= 0.3 is 12.1 Å². The molecule has 28 heavy (non-hydrogen) atoms. The summed E-state index contributed by atoms with van der Waals surface area (Å²) in [4.78, 5) is 26.6. The lowest BCUT2D eigenvalue weighted by Crippen LogP contribution is -2.30. The molecule has 0 N–H and O–H groups in total. The minimum absolute atomic E-state index is 0.158. The van der Waals surface area contributed by atoms with Crippen LogP contribution in [0.3, 0.4) is 0 Å². The van der Waals surface area contributed by atoms with Crippen LogP contribution in [0.5, 0.6) is 5.75 Å². The third kappa shape index (κ3) is 5.25. The number of esters is 1. The van der Waals surface area contributed by atoms with Crippen LogP contribution < -0.4 is 4.74 Å². The van der Waals surface area contributed by atoms with Crippen LogP contribution in [-0.2, 0) is 20.7 Å². The van der Waals surface area contributed by atoms with Crippen LogP contribution in [0.4, 0.5) is 4.79 Å². The van der Waals surface area contributed by atoms with Gasteiger partial charge in [0.15, 0.2) is 0 Å². The number of carbonyl (C=O) groups is 2. The zero-order chi connectivity index (χ0) is 20.8. The molecule has 2 aromatic rings. The van der Waals surface area contributed by atoms with Gasteiger partial charge in [-0.1, -0.05) is 20.8 Å². The molecule has 0 aliphatic carbocycles. The van der Waals surface area contributed by atoms with E-state index in [1.54, 1.807) is 26.3 Å². The predicted octanol–water partition coefficient (Wildman–Crippen LogP) is 3.67. The van der Waals surface area contributed by atoms with E-state index in [0.717, 1.165) is 35.2 Å². The highest BCUT2D eigenvalue weighted by atomic mass is 16.7. The Labute approximate surface area is 166 Å². The Balaban J connectivity index is 2.36.